The fourth-order valence-electron chi connectivity index (χ4n) is 4.54. The molecule has 4 rings (SSSR count). The van der Waals surface area contributed by atoms with Crippen molar-refractivity contribution >= 4 is 6.03 Å². The normalized spacial score (nSPS) is 21.5. The number of nitrogens with zero attached hydrogens (tertiary/aromatic N) is 2. The number of piperidine rings is 2. The fourth-order valence-corrected chi connectivity index (χ4v) is 4.54. The predicted molar refractivity (Wildman–Crippen MR) is 113 cm³/mol. The minimum absolute atomic E-state index is 0.0607. The first kappa shape index (κ1) is 19.0. The Kier molecular flexibility index (Phi) is 5.96. The van der Waals surface area contributed by atoms with Gasteiger partial charge in [-0.2, -0.15) is 0 Å². The lowest BCUT2D eigenvalue weighted by molar-refractivity contribution is 0.0800. The predicted octanol–water partition coefficient (Wildman–Crippen LogP) is 5.03. The Morgan fingerprint density at radius 2 is 1.57 bits per heavy atom. The molecule has 2 aliphatic rings. The van der Waals surface area contributed by atoms with E-state index in [4.69, 9.17) is 0 Å². The quantitative estimate of drug-likeness (QED) is 0.815. The van der Waals surface area contributed by atoms with Gasteiger partial charge in [-0.1, -0.05) is 66.6 Å². The maximum absolute atomic E-state index is 12.9. The minimum atomic E-state index is 0.0607. The number of aryl methyl sites for hydroxylation is 1. The molecule has 2 amide bonds. The second kappa shape index (κ2) is 8.78. The molecule has 2 heterocycles. The molecule has 4 heteroatoms. The first-order valence-corrected chi connectivity index (χ1v) is 10.6. The highest BCUT2D eigenvalue weighted by Gasteiger charge is 2.29. The standard InChI is InChI=1S/C24H31N3O/c1-19-10-12-22(13-11-19)23-9-5-6-16-27(23)25-24(28)26-17-14-21(15-18-26)20-7-3-2-4-8-20/h2-4,7-8,10-13,21,23H,5-6,9,14-18H2,1H3,(H,25,28). The van der Waals surface area contributed by atoms with E-state index in [0.29, 0.717) is 5.92 Å². The van der Waals surface area contributed by atoms with Crippen molar-refractivity contribution < 1.29 is 4.79 Å². The van der Waals surface area contributed by atoms with Gasteiger partial charge >= 0.3 is 6.03 Å². The Labute approximate surface area is 168 Å². The van der Waals surface area contributed by atoms with Gasteiger partial charge in [0.2, 0.25) is 0 Å². The van der Waals surface area contributed by atoms with Crippen molar-refractivity contribution in [3.8, 4) is 0 Å². The lowest BCUT2D eigenvalue weighted by Crippen LogP contribution is -2.53. The fraction of sp³-hybridized carbons (Fsp3) is 0.458. The Balaban J connectivity index is 1.35. The highest BCUT2D eigenvalue weighted by molar-refractivity contribution is 5.73. The average molecular weight is 378 g/mol. The first-order chi connectivity index (χ1) is 13.7. The van der Waals surface area contributed by atoms with Crippen LogP contribution in [0, 0.1) is 6.92 Å². The largest absolute Gasteiger partial charge is 0.331 e. The topological polar surface area (TPSA) is 35.6 Å². The van der Waals surface area contributed by atoms with Crippen molar-refractivity contribution in [1.29, 1.82) is 0 Å². The molecule has 2 aromatic rings. The number of nitrogens with one attached hydrogen (secondary N) is 1. The summed E-state index contributed by atoms with van der Waals surface area (Å²) in [4.78, 5) is 14.9. The van der Waals surface area contributed by atoms with Crippen molar-refractivity contribution in [2.45, 2.75) is 51.0 Å². The van der Waals surface area contributed by atoms with Crippen LogP contribution in [0.5, 0.6) is 0 Å². The Hall–Kier alpha value is -2.33. The monoisotopic (exact) mass is 377 g/mol. The summed E-state index contributed by atoms with van der Waals surface area (Å²) in [5.74, 6) is 0.570. The summed E-state index contributed by atoms with van der Waals surface area (Å²) in [6.07, 6.45) is 5.53. The van der Waals surface area contributed by atoms with E-state index in [9.17, 15) is 4.79 Å². The molecule has 0 radical (unpaired) electrons. The lowest BCUT2D eigenvalue weighted by atomic mass is 9.90. The van der Waals surface area contributed by atoms with Gasteiger partial charge in [0.15, 0.2) is 0 Å². The molecule has 2 aromatic carbocycles. The summed E-state index contributed by atoms with van der Waals surface area (Å²) < 4.78 is 0. The molecule has 148 valence electrons. The van der Waals surface area contributed by atoms with Crippen LogP contribution < -0.4 is 5.43 Å². The molecule has 2 saturated heterocycles. The second-order valence-electron chi connectivity index (χ2n) is 8.20. The summed E-state index contributed by atoms with van der Waals surface area (Å²) in [6, 6.07) is 19.8. The molecular formula is C24H31N3O. The number of hydrazine groups is 1. The molecule has 0 spiro atoms. The first-order valence-electron chi connectivity index (χ1n) is 10.6. The van der Waals surface area contributed by atoms with Crippen molar-refractivity contribution in [2.24, 2.45) is 0 Å². The van der Waals surface area contributed by atoms with Crippen LogP contribution in [-0.4, -0.2) is 35.6 Å². The average Bonchev–Trinajstić information content (AvgIpc) is 2.75. The molecule has 1 unspecified atom stereocenters. The maximum atomic E-state index is 12.9. The van der Waals surface area contributed by atoms with Crippen LogP contribution in [0.2, 0.25) is 0 Å². The number of hydrogen-bond donors (Lipinski definition) is 1. The smallest absolute Gasteiger partial charge is 0.324 e. The number of carbonyl (C=O) groups is 1. The van der Waals surface area contributed by atoms with E-state index < -0.39 is 0 Å². The van der Waals surface area contributed by atoms with Crippen LogP contribution in [0.25, 0.3) is 0 Å². The molecule has 2 aliphatic heterocycles. The van der Waals surface area contributed by atoms with Gasteiger partial charge in [0.05, 0.1) is 6.04 Å². The van der Waals surface area contributed by atoms with Gasteiger partial charge in [0.25, 0.3) is 0 Å². The third-order valence-corrected chi connectivity index (χ3v) is 6.26. The van der Waals surface area contributed by atoms with Crippen molar-refractivity contribution in [1.82, 2.24) is 15.3 Å². The van der Waals surface area contributed by atoms with E-state index in [2.05, 4.69) is 72.0 Å². The van der Waals surface area contributed by atoms with Crippen LogP contribution in [0.1, 0.15) is 60.8 Å². The summed E-state index contributed by atoms with van der Waals surface area (Å²) in [5, 5.41) is 2.17. The maximum Gasteiger partial charge on any atom is 0.331 e. The number of rotatable bonds is 3. The number of carbonyl (C=O) groups excluding carboxylic acids is 1. The van der Waals surface area contributed by atoms with Crippen molar-refractivity contribution in [3.63, 3.8) is 0 Å². The van der Waals surface area contributed by atoms with E-state index in [1.807, 2.05) is 4.90 Å². The zero-order chi connectivity index (χ0) is 19.3. The summed E-state index contributed by atoms with van der Waals surface area (Å²) in [6.45, 7) is 4.69. The number of amides is 2. The highest BCUT2D eigenvalue weighted by Crippen LogP contribution is 2.31. The SMILES string of the molecule is Cc1ccc(C2CCCCN2NC(=O)N2CCC(c3ccccc3)CC2)cc1. The number of likely N-dealkylation sites (tertiary alicyclic amines) is 1. The van der Waals surface area contributed by atoms with Crippen LogP contribution in [-0.2, 0) is 0 Å². The Bertz CT molecular complexity index is 766. The van der Waals surface area contributed by atoms with Crippen LogP contribution in [0.15, 0.2) is 54.6 Å². The molecule has 1 N–H and O–H groups in total. The molecular weight excluding hydrogens is 346 g/mol. The summed E-state index contributed by atoms with van der Waals surface area (Å²) in [7, 11) is 0. The molecule has 0 aromatic heterocycles. The Morgan fingerprint density at radius 1 is 0.857 bits per heavy atom. The van der Waals surface area contributed by atoms with Gasteiger partial charge in [-0.3, -0.25) is 5.43 Å². The van der Waals surface area contributed by atoms with Gasteiger partial charge in [-0.25, -0.2) is 9.80 Å². The molecule has 0 saturated carbocycles. The van der Waals surface area contributed by atoms with Gasteiger partial charge < -0.3 is 4.90 Å². The molecule has 1 atom stereocenters. The summed E-state index contributed by atoms with van der Waals surface area (Å²) in [5.41, 5.74) is 7.20. The zero-order valence-corrected chi connectivity index (χ0v) is 16.8. The van der Waals surface area contributed by atoms with Crippen LogP contribution in [0.4, 0.5) is 4.79 Å². The lowest BCUT2D eigenvalue weighted by Gasteiger charge is -2.39. The third-order valence-electron chi connectivity index (χ3n) is 6.26. The van der Waals surface area contributed by atoms with E-state index in [0.717, 1.165) is 45.3 Å². The number of hydrogen-bond acceptors (Lipinski definition) is 2. The van der Waals surface area contributed by atoms with Gasteiger partial charge in [-0.15, -0.1) is 0 Å². The van der Waals surface area contributed by atoms with Crippen LogP contribution in [0.3, 0.4) is 0 Å². The van der Waals surface area contributed by atoms with E-state index in [-0.39, 0.29) is 12.1 Å². The van der Waals surface area contributed by atoms with E-state index in [1.165, 1.54) is 23.1 Å². The number of benzene rings is 2. The van der Waals surface area contributed by atoms with E-state index in [1.54, 1.807) is 0 Å². The third kappa shape index (κ3) is 4.39. The summed E-state index contributed by atoms with van der Waals surface area (Å²) >= 11 is 0. The van der Waals surface area contributed by atoms with Gasteiger partial charge in [0.1, 0.15) is 0 Å². The molecule has 28 heavy (non-hydrogen) atoms. The molecule has 0 aliphatic carbocycles. The highest BCUT2D eigenvalue weighted by atomic mass is 16.2. The van der Waals surface area contributed by atoms with Crippen molar-refractivity contribution in [3.05, 3.63) is 71.3 Å². The Morgan fingerprint density at radius 3 is 2.29 bits per heavy atom. The van der Waals surface area contributed by atoms with Crippen LogP contribution >= 0.6 is 0 Å². The van der Waals surface area contributed by atoms with E-state index >= 15 is 0 Å². The molecule has 0 bridgehead atoms. The van der Waals surface area contributed by atoms with Gasteiger partial charge in [-0.05, 0) is 49.7 Å². The minimum Gasteiger partial charge on any atom is -0.324 e. The second-order valence-corrected chi connectivity index (χ2v) is 8.20. The number of urea groups is 1. The molecule has 4 nitrogen and oxygen atoms in total. The molecule has 2 fully saturated rings. The van der Waals surface area contributed by atoms with Crippen molar-refractivity contribution in [2.75, 3.05) is 19.6 Å². The zero-order valence-electron chi connectivity index (χ0n) is 16.8. The van der Waals surface area contributed by atoms with Gasteiger partial charge in [0, 0.05) is 19.6 Å².